The topological polar surface area (TPSA) is 64.3 Å². The van der Waals surface area contributed by atoms with Gasteiger partial charge in [-0.1, -0.05) is 29.8 Å². The van der Waals surface area contributed by atoms with E-state index >= 15 is 0 Å². The summed E-state index contributed by atoms with van der Waals surface area (Å²) in [7, 11) is 0. The van der Waals surface area contributed by atoms with Gasteiger partial charge in [0.05, 0.1) is 24.4 Å². The second-order valence-corrected chi connectivity index (χ2v) is 5.08. The first-order chi connectivity index (χ1) is 10.1. The van der Waals surface area contributed by atoms with E-state index in [4.69, 9.17) is 22.1 Å². The molecule has 0 bridgehead atoms. The monoisotopic (exact) mass is 304 g/mol. The zero-order chi connectivity index (χ0) is 15.2. The number of para-hydroxylation sites is 2. The van der Waals surface area contributed by atoms with Gasteiger partial charge in [0, 0.05) is 5.02 Å². The summed E-state index contributed by atoms with van der Waals surface area (Å²) >= 11 is 5.91. The number of benzene rings is 2. The van der Waals surface area contributed by atoms with Crippen LogP contribution < -0.4 is 15.8 Å². The zero-order valence-electron chi connectivity index (χ0n) is 11.7. The van der Waals surface area contributed by atoms with Crippen LogP contribution in [0.15, 0.2) is 42.5 Å². The third-order valence-electron chi connectivity index (χ3n) is 2.97. The third kappa shape index (κ3) is 4.39. The van der Waals surface area contributed by atoms with Crippen molar-refractivity contribution >= 4 is 28.9 Å². The van der Waals surface area contributed by atoms with E-state index in [1.54, 1.807) is 24.3 Å². The second kappa shape index (κ2) is 6.99. The number of nitrogens with two attached hydrogens (primary N) is 1. The molecule has 0 saturated carbocycles. The fraction of sp³-hybridized carbons (Fsp3) is 0.188. The predicted octanol–water partition coefficient (Wildman–Crippen LogP) is 3.64. The lowest BCUT2D eigenvalue weighted by molar-refractivity contribution is -0.116. The minimum atomic E-state index is -0.146. The molecule has 0 fully saturated rings. The Hall–Kier alpha value is -2.20. The Morgan fingerprint density at radius 1 is 1.29 bits per heavy atom. The highest BCUT2D eigenvalue weighted by atomic mass is 35.5. The van der Waals surface area contributed by atoms with Gasteiger partial charge in [-0.05, 0) is 36.8 Å². The molecule has 2 aromatic rings. The Labute approximate surface area is 128 Å². The highest BCUT2D eigenvalue weighted by Gasteiger charge is 2.06. The van der Waals surface area contributed by atoms with Crippen molar-refractivity contribution < 1.29 is 9.53 Å². The van der Waals surface area contributed by atoms with Gasteiger partial charge in [0.2, 0.25) is 5.91 Å². The van der Waals surface area contributed by atoms with Gasteiger partial charge < -0.3 is 15.8 Å². The molecule has 0 spiro atoms. The number of aryl methyl sites for hydroxylation is 1. The van der Waals surface area contributed by atoms with Crippen molar-refractivity contribution in [1.82, 2.24) is 0 Å². The number of anilines is 2. The molecule has 2 rings (SSSR count). The third-order valence-corrected chi connectivity index (χ3v) is 3.21. The number of hydrogen-bond donors (Lipinski definition) is 2. The molecule has 0 saturated heterocycles. The van der Waals surface area contributed by atoms with Crippen molar-refractivity contribution in [3.63, 3.8) is 0 Å². The summed E-state index contributed by atoms with van der Waals surface area (Å²) < 4.78 is 5.58. The van der Waals surface area contributed by atoms with Gasteiger partial charge in [-0.25, -0.2) is 0 Å². The molecule has 0 aliphatic rings. The maximum atomic E-state index is 11.8. The highest BCUT2D eigenvalue weighted by Crippen LogP contribution is 2.22. The van der Waals surface area contributed by atoms with Gasteiger partial charge in [-0.2, -0.15) is 0 Å². The molecule has 0 aromatic heterocycles. The second-order valence-electron chi connectivity index (χ2n) is 4.64. The van der Waals surface area contributed by atoms with Gasteiger partial charge >= 0.3 is 0 Å². The minimum absolute atomic E-state index is 0.146. The van der Waals surface area contributed by atoms with Gasteiger partial charge in [-0.15, -0.1) is 0 Å². The standard InChI is InChI=1S/C16H17ClN2O2/c1-11-6-7-12(17)10-15(11)21-9-8-16(20)19-14-5-3-2-4-13(14)18/h2-7,10H,8-9,18H2,1H3,(H,19,20). The quantitative estimate of drug-likeness (QED) is 0.829. The Bertz CT molecular complexity index is 644. The van der Waals surface area contributed by atoms with Crippen LogP contribution in [0.3, 0.4) is 0 Å². The normalized spacial score (nSPS) is 10.2. The van der Waals surface area contributed by atoms with Crippen molar-refractivity contribution in [2.24, 2.45) is 0 Å². The predicted molar refractivity (Wildman–Crippen MR) is 85.8 cm³/mol. The lowest BCUT2D eigenvalue weighted by Gasteiger charge is -2.10. The molecule has 5 heteroatoms. The number of amides is 1. The number of carbonyl (C=O) groups is 1. The molecular formula is C16H17ClN2O2. The van der Waals surface area contributed by atoms with Crippen molar-refractivity contribution in [2.75, 3.05) is 17.7 Å². The van der Waals surface area contributed by atoms with E-state index in [1.165, 1.54) is 0 Å². The summed E-state index contributed by atoms with van der Waals surface area (Å²) in [6, 6.07) is 12.5. The van der Waals surface area contributed by atoms with Crippen LogP contribution in [0, 0.1) is 6.92 Å². The van der Waals surface area contributed by atoms with Crippen molar-refractivity contribution in [1.29, 1.82) is 0 Å². The fourth-order valence-corrected chi connectivity index (χ4v) is 1.97. The average molecular weight is 305 g/mol. The molecule has 4 nitrogen and oxygen atoms in total. The summed E-state index contributed by atoms with van der Waals surface area (Å²) in [6.07, 6.45) is 0.236. The van der Waals surface area contributed by atoms with Crippen molar-refractivity contribution in [3.8, 4) is 5.75 Å². The maximum Gasteiger partial charge on any atom is 0.227 e. The lowest BCUT2D eigenvalue weighted by Crippen LogP contribution is -2.16. The van der Waals surface area contributed by atoms with Gasteiger partial charge in [-0.3, -0.25) is 4.79 Å². The molecule has 21 heavy (non-hydrogen) atoms. The van der Waals surface area contributed by atoms with Gasteiger partial charge in [0.25, 0.3) is 0 Å². The Kier molecular flexibility index (Phi) is 5.06. The number of hydrogen-bond acceptors (Lipinski definition) is 3. The molecule has 0 atom stereocenters. The molecule has 3 N–H and O–H groups in total. The van der Waals surface area contributed by atoms with Gasteiger partial charge in [0.1, 0.15) is 5.75 Å². The number of nitrogens with one attached hydrogen (secondary N) is 1. The maximum absolute atomic E-state index is 11.8. The molecule has 0 aliphatic carbocycles. The first-order valence-corrected chi connectivity index (χ1v) is 6.97. The number of rotatable bonds is 5. The Morgan fingerprint density at radius 2 is 2.05 bits per heavy atom. The highest BCUT2D eigenvalue weighted by molar-refractivity contribution is 6.30. The first kappa shape index (κ1) is 15.2. The van der Waals surface area contributed by atoms with Crippen LogP contribution >= 0.6 is 11.6 Å². The minimum Gasteiger partial charge on any atom is -0.493 e. The van der Waals surface area contributed by atoms with E-state index in [-0.39, 0.29) is 18.9 Å². The lowest BCUT2D eigenvalue weighted by atomic mass is 10.2. The number of ether oxygens (including phenoxy) is 1. The largest absolute Gasteiger partial charge is 0.493 e. The molecular weight excluding hydrogens is 288 g/mol. The van der Waals surface area contributed by atoms with Crippen LogP contribution in [0.25, 0.3) is 0 Å². The summed E-state index contributed by atoms with van der Waals surface area (Å²) in [6.45, 7) is 2.20. The van der Waals surface area contributed by atoms with Gasteiger partial charge in [0.15, 0.2) is 0 Å². The summed E-state index contributed by atoms with van der Waals surface area (Å²) in [5.41, 5.74) is 7.89. The van der Waals surface area contributed by atoms with E-state index in [9.17, 15) is 4.79 Å². The van der Waals surface area contributed by atoms with E-state index in [1.807, 2.05) is 25.1 Å². The first-order valence-electron chi connectivity index (χ1n) is 6.59. The molecule has 0 unspecified atom stereocenters. The van der Waals surface area contributed by atoms with E-state index in [0.717, 1.165) is 5.56 Å². The van der Waals surface area contributed by atoms with Crippen LogP contribution in [0.1, 0.15) is 12.0 Å². The molecule has 2 aromatic carbocycles. The number of halogens is 1. The number of carbonyl (C=O) groups excluding carboxylic acids is 1. The molecule has 1 amide bonds. The van der Waals surface area contributed by atoms with E-state index in [2.05, 4.69) is 5.32 Å². The van der Waals surface area contributed by atoms with Crippen LogP contribution in [-0.2, 0) is 4.79 Å². The van der Waals surface area contributed by atoms with Crippen molar-refractivity contribution in [3.05, 3.63) is 53.1 Å². The number of nitrogen functional groups attached to an aromatic ring is 1. The van der Waals surface area contributed by atoms with E-state index < -0.39 is 0 Å². The summed E-state index contributed by atoms with van der Waals surface area (Å²) in [5, 5.41) is 3.36. The zero-order valence-corrected chi connectivity index (χ0v) is 12.5. The Balaban J connectivity index is 1.85. The molecule has 0 aliphatic heterocycles. The smallest absolute Gasteiger partial charge is 0.227 e. The summed E-state index contributed by atoms with van der Waals surface area (Å²) in [5.74, 6) is 0.544. The fourth-order valence-electron chi connectivity index (χ4n) is 1.81. The Morgan fingerprint density at radius 3 is 2.81 bits per heavy atom. The van der Waals surface area contributed by atoms with Crippen LogP contribution in [0.5, 0.6) is 5.75 Å². The molecule has 0 radical (unpaired) electrons. The summed E-state index contributed by atoms with van der Waals surface area (Å²) in [4.78, 5) is 11.8. The average Bonchev–Trinajstić information content (AvgIpc) is 2.45. The molecule has 110 valence electrons. The van der Waals surface area contributed by atoms with E-state index in [0.29, 0.717) is 22.1 Å². The van der Waals surface area contributed by atoms with Crippen molar-refractivity contribution in [2.45, 2.75) is 13.3 Å². The molecule has 0 heterocycles. The SMILES string of the molecule is Cc1ccc(Cl)cc1OCCC(=O)Nc1ccccc1N. The van der Waals surface area contributed by atoms with Crippen LogP contribution in [0.4, 0.5) is 11.4 Å². The van der Waals surface area contributed by atoms with Crippen LogP contribution in [-0.4, -0.2) is 12.5 Å². The van der Waals surface area contributed by atoms with Crippen LogP contribution in [0.2, 0.25) is 5.02 Å².